The predicted octanol–water partition coefficient (Wildman–Crippen LogP) is -0.133. The second kappa shape index (κ2) is 7.04. The number of carbonyl (C=O) groups is 2. The fourth-order valence-corrected chi connectivity index (χ4v) is 2.95. The van der Waals surface area contributed by atoms with E-state index in [1.165, 1.54) is 0 Å². The van der Waals surface area contributed by atoms with Gasteiger partial charge in [-0.25, -0.2) is 0 Å². The third kappa shape index (κ3) is 3.93. The number of hydrogen-bond acceptors (Lipinski definition) is 4. The van der Waals surface area contributed by atoms with Crippen LogP contribution < -0.4 is 11.1 Å². The number of rotatable bonds is 5. The van der Waals surface area contributed by atoms with Gasteiger partial charge in [-0.15, -0.1) is 0 Å². The van der Waals surface area contributed by atoms with Crippen molar-refractivity contribution in [3.63, 3.8) is 0 Å². The molecule has 3 N–H and O–H groups in total. The van der Waals surface area contributed by atoms with Crippen molar-refractivity contribution in [1.29, 1.82) is 0 Å². The number of methoxy groups -OCH3 is 1. The van der Waals surface area contributed by atoms with Crippen molar-refractivity contribution in [3.8, 4) is 0 Å². The van der Waals surface area contributed by atoms with E-state index in [4.69, 9.17) is 10.5 Å². The average molecular weight is 283 g/mol. The second-order valence-corrected chi connectivity index (χ2v) is 5.85. The lowest BCUT2D eigenvalue weighted by atomic mass is 9.91. The van der Waals surface area contributed by atoms with E-state index in [0.717, 1.165) is 25.7 Å². The summed E-state index contributed by atoms with van der Waals surface area (Å²) in [4.78, 5) is 25.7. The topological polar surface area (TPSA) is 84.7 Å². The first-order valence-electron chi connectivity index (χ1n) is 7.42. The van der Waals surface area contributed by atoms with Crippen molar-refractivity contribution < 1.29 is 14.3 Å². The van der Waals surface area contributed by atoms with Gasteiger partial charge in [0.1, 0.15) is 0 Å². The van der Waals surface area contributed by atoms with Crippen LogP contribution in [0.4, 0.5) is 0 Å². The third-order valence-corrected chi connectivity index (χ3v) is 4.27. The minimum absolute atomic E-state index is 0.0127. The highest BCUT2D eigenvalue weighted by atomic mass is 16.5. The number of hydrogen-bond donors (Lipinski definition) is 2. The Hall–Kier alpha value is -1.14. The summed E-state index contributed by atoms with van der Waals surface area (Å²) in [7, 11) is 1.61. The molecule has 2 fully saturated rings. The molecule has 1 saturated heterocycles. The summed E-state index contributed by atoms with van der Waals surface area (Å²) in [6.45, 7) is 1.60. The van der Waals surface area contributed by atoms with Crippen LogP contribution in [0, 0.1) is 5.92 Å². The Bertz CT molecular complexity index is 354. The highest BCUT2D eigenvalue weighted by molar-refractivity contribution is 5.89. The summed E-state index contributed by atoms with van der Waals surface area (Å²) >= 11 is 0. The Kier molecular flexibility index (Phi) is 5.37. The Labute approximate surface area is 120 Å². The molecule has 1 atom stereocenters. The number of carbonyl (C=O) groups excluding carboxylic acids is 2. The number of likely N-dealkylation sites (tertiary alicyclic amines) is 1. The standard InChI is InChI=1S/C14H25N3O3/c1-20-7-6-17-9-10(8-13(17)18)14(19)16-12-4-2-11(15)3-5-12/h10-12H,2-9,15H2,1H3,(H,16,19). The van der Waals surface area contributed by atoms with Crippen LogP contribution in [-0.2, 0) is 14.3 Å². The number of amides is 2. The predicted molar refractivity (Wildman–Crippen MR) is 74.9 cm³/mol. The first-order valence-corrected chi connectivity index (χ1v) is 7.42. The van der Waals surface area contributed by atoms with Gasteiger partial charge in [-0.05, 0) is 25.7 Å². The van der Waals surface area contributed by atoms with Crippen molar-refractivity contribution >= 4 is 11.8 Å². The van der Waals surface area contributed by atoms with E-state index in [1.54, 1.807) is 12.0 Å². The fourth-order valence-electron chi connectivity index (χ4n) is 2.95. The van der Waals surface area contributed by atoms with E-state index in [1.807, 2.05) is 0 Å². The molecule has 0 aromatic heterocycles. The molecular weight excluding hydrogens is 258 g/mol. The lowest BCUT2D eigenvalue weighted by Gasteiger charge is -2.27. The van der Waals surface area contributed by atoms with Gasteiger partial charge < -0.3 is 20.7 Å². The zero-order chi connectivity index (χ0) is 14.5. The lowest BCUT2D eigenvalue weighted by molar-refractivity contribution is -0.129. The molecule has 1 saturated carbocycles. The lowest BCUT2D eigenvalue weighted by Crippen LogP contribution is -2.43. The fraction of sp³-hybridized carbons (Fsp3) is 0.857. The number of nitrogens with two attached hydrogens (primary N) is 1. The number of nitrogens with one attached hydrogen (secondary N) is 1. The van der Waals surface area contributed by atoms with E-state index in [-0.39, 0.29) is 29.8 Å². The van der Waals surface area contributed by atoms with Gasteiger partial charge in [0, 0.05) is 38.7 Å². The molecular formula is C14H25N3O3. The Morgan fingerprint density at radius 1 is 1.40 bits per heavy atom. The summed E-state index contributed by atoms with van der Waals surface area (Å²) in [5.41, 5.74) is 5.86. The molecule has 2 rings (SSSR count). The van der Waals surface area contributed by atoms with Gasteiger partial charge in [-0.3, -0.25) is 9.59 Å². The van der Waals surface area contributed by atoms with Crippen LogP contribution in [0.5, 0.6) is 0 Å². The molecule has 114 valence electrons. The zero-order valence-electron chi connectivity index (χ0n) is 12.1. The van der Waals surface area contributed by atoms with Crippen LogP contribution in [0.1, 0.15) is 32.1 Å². The summed E-state index contributed by atoms with van der Waals surface area (Å²) in [6, 6.07) is 0.506. The molecule has 1 aliphatic carbocycles. The normalized spacial score (nSPS) is 30.6. The van der Waals surface area contributed by atoms with E-state index in [2.05, 4.69) is 5.32 Å². The largest absolute Gasteiger partial charge is 0.383 e. The third-order valence-electron chi connectivity index (χ3n) is 4.27. The number of ether oxygens (including phenoxy) is 1. The van der Waals surface area contributed by atoms with Gasteiger partial charge in [0.2, 0.25) is 11.8 Å². The van der Waals surface area contributed by atoms with E-state index >= 15 is 0 Å². The van der Waals surface area contributed by atoms with Crippen LogP contribution in [0.25, 0.3) is 0 Å². The van der Waals surface area contributed by atoms with Crippen LogP contribution in [-0.4, -0.2) is 55.6 Å². The summed E-state index contributed by atoms with van der Waals surface area (Å²) in [5.74, 6) is -0.151. The number of nitrogens with zero attached hydrogens (tertiary/aromatic N) is 1. The van der Waals surface area contributed by atoms with Gasteiger partial charge in [0.05, 0.1) is 12.5 Å². The van der Waals surface area contributed by atoms with Crippen LogP contribution in [0.3, 0.4) is 0 Å². The van der Waals surface area contributed by atoms with Gasteiger partial charge >= 0.3 is 0 Å². The molecule has 1 aliphatic heterocycles. The first kappa shape index (κ1) is 15.3. The maximum absolute atomic E-state index is 12.2. The molecule has 0 bridgehead atoms. The highest BCUT2D eigenvalue weighted by Crippen LogP contribution is 2.21. The molecule has 0 aromatic carbocycles. The van der Waals surface area contributed by atoms with Crippen molar-refractivity contribution in [2.45, 2.75) is 44.2 Å². The molecule has 1 heterocycles. The summed E-state index contributed by atoms with van der Waals surface area (Å²) in [5, 5.41) is 3.07. The van der Waals surface area contributed by atoms with E-state index < -0.39 is 0 Å². The molecule has 6 nitrogen and oxygen atoms in total. The minimum atomic E-state index is -0.213. The summed E-state index contributed by atoms with van der Waals surface area (Å²) < 4.78 is 4.97. The maximum Gasteiger partial charge on any atom is 0.225 e. The molecule has 2 aliphatic rings. The average Bonchev–Trinajstić information content (AvgIpc) is 2.80. The molecule has 20 heavy (non-hydrogen) atoms. The van der Waals surface area contributed by atoms with Crippen molar-refractivity contribution in [2.75, 3.05) is 26.8 Å². The summed E-state index contributed by atoms with van der Waals surface area (Å²) in [6.07, 6.45) is 4.15. The van der Waals surface area contributed by atoms with Gasteiger partial charge in [-0.1, -0.05) is 0 Å². The van der Waals surface area contributed by atoms with Crippen LogP contribution >= 0.6 is 0 Å². The smallest absolute Gasteiger partial charge is 0.225 e. The van der Waals surface area contributed by atoms with Gasteiger partial charge in [0.25, 0.3) is 0 Å². The van der Waals surface area contributed by atoms with Gasteiger partial charge in [-0.2, -0.15) is 0 Å². The molecule has 0 radical (unpaired) electrons. The SMILES string of the molecule is COCCN1CC(C(=O)NC2CCC(N)CC2)CC1=O. The van der Waals surface area contributed by atoms with Crippen LogP contribution in [0.15, 0.2) is 0 Å². The van der Waals surface area contributed by atoms with Crippen molar-refractivity contribution in [3.05, 3.63) is 0 Å². The Morgan fingerprint density at radius 3 is 2.75 bits per heavy atom. The highest BCUT2D eigenvalue weighted by Gasteiger charge is 2.35. The Morgan fingerprint density at radius 2 is 2.10 bits per heavy atom. The van der Waals surface area contributed by atoms with Crippen molar-refractivity contribution in [1.82, 2.24) is 10.2 Å². The van der Waals surface area contributed by atoms with E-state index in [9.17, 15) is 9.59 Å². The van der Waals surface area contributed by atoms with Crippen LogP contribution in [0.2, 0.25) is 0 Å². The Balaban J connectivity index is 1.77. The first-order chi connectivity index (χ1) is 9.60. The van der Waals surface area contributed by atoms with Crippen molar-refractivity contribution in [2.24, 2.45) is 11.7 Å². The van der Waals surface area contributed by atoms with Gasteiger partial charge in [0.15, 0.2) is 0 Å². The maximum atomic E-state index is 12.2. The monoisotopic (exact) mass is 283 g/mol. The molecule has 0 spiro atoms. The van der Waals surface area contributed by atoms with E-state index in [0.29, 0.717) is 26.1 Å². The minimum Gasteiger partial charge on any atom is -0.383 e. The molecule has 1 unspecified atom stereocenters. The molecule has 0 aromatic rings. The zero-order valence-corrected chi connectivity index (χ0v) is 12.1. The second-order valence-electron chi connectivity index (χ2n) is 5.85. The molecule has 6 heteroatoms. The quantitative estimate of drug-likeness (QED) is 0.736. The molecule has 2 amide bonds.